The van der Waals surface area contributed by atoms with Gasteiger partial charge in [0.05, 0.1) is 17.7 Å². The Morgan fingerprint density at radius 3 is 2.04 bits per heavy atom. The van der Waals surface area contributed by atoms with Crippen molar-refractivity contribution in [1.82, 2.24) is 0 Å². The van der Waals surface area contributed by atoms with Crippen molar-refractivity contribution < 1.29 is 9.53 Å². The number of hydrogen-bond acceptors (Lipinski definition) is 4. The van der Waals surface area contributed by atoms with Crippen molar-refractivity contribution >= 4 is 11.6 Å². The lowest BCUT2D eigenvalue weighted by molar-refractivity contribution is -0.120. The summed E-state index contributed by atoms with van der Waals surface area (Å²) in [5.41, 5.74) is 3.25. The van der Waals surface area contributed by atoms with Crippen molar-refractivity contribution in [3.63, 3.8) is 0 Å². The maximum absolute atomic E-state index is 12.5. The highest BCUT2D eigenvalue weighted by molar-refractivity contribution is 5.94. The Balaban J connectivity index is 1.64. The Morgan fingerprint density at radius 1 is 0.857 bits per heavy atom. The molecule has 3 rings (SSSR count). The molecule has 0 radical (unpaired) electrons. The van der Waals surface area contributed by atoms with E-state index in [0.29, 0.717) is 17.0 Å². The van der Waals surface area contributed by atoms with E-state index < -0.39 is 0 Å². The van der Waals surface area contributed by atoms with E-state index >= 15 is 0 Å². The highest BCUT2D eigenvalue weighted by Gasteiger charge is 2.15. The standard InChI is InChI=1S/C23H17N3O2/c24-14-15-26(21-4-2-1-3-5-21)23(27)17-28-22-12-10-20(11-13-22)19-8-6-18(16-25)7-9-19/h1-13H,15,17H2. The van der Waals surface area contributed by atoms with Gasteiger partial charge < -0.3 is 4.74 Å². The Kier molecular flexibility index (Phi) is 6.02. The molecule has 0 aliphatic carbocycles. The van der Waals surface area contributed by atoms with Crippen molar-refractivity contribution in [3.05, 3.63) is 84.4 Å². The molecule has 0 saturated heterocycles. The molecule has 0 unspecified atom stereocenters. The van der Waals surface area contributed by atoms with Gasteiger partial charge in [0.2, 0.25) is 0 Å². The van der Waals surface area contributed by atoms with E-state index in [9.17, 15) is 4.79 Å². The lowest BCUT2D eigenvalue weighted by atomic mass is 10.0. The number of anilines is 1. The monoisotopic (exact) mass is 367 g/mol. The van der Waals surface area contributed by atoms with Crippen LogP contribution in [-0.4, -0.2) is 19.1 Å². The normalized spacial score (nSPS) is 9.79. The van der Waals surface area contributed by atoms with Crippen LogP contribution in [0.15, 0.2) is 78.9 Å². The molecule has 0 aromatic heterocycles. The fourth-order valence-electron chi connectivity index (χ4n) is 2.71. The summed E-state index contributed by atoms with van der Waals surface area (Å²) in [5, 5.41) is 17.9. The summed E-state index contributed by atoms with van der Waals surface area (Å²) in [7, 11) is 0. The predicted molar refractivity (Wildman–Crippen MR) is 106 cm³/mol. The second-order valence-corrected chi connectivity index (χ2v) is 5.98. The Hall–Kier alpha value is -4.09. The Labute approximate surface area is 163 Å². The lowest BCUT2D eigenvalue weighted by Gasteiger charge is -2.19. The van der Waals surface area contributed by atoms with Crippen LogP contribution in [0.1, 0.15) is 5.56 Å². The molecule has 0 N–H and O–H groups in total. The van der Waals surface area contributed by atoms with Crippen molar-refractivity contribution in [2.75, 3.05) is 18.1 Å². The first-order chi connectivity index (χ1) is 13.7. The van der Waals surface area contributed by atoms with Gasteiger partial charge in [-0.2, -0.15) is 10.5 Å². The van der Waals surface area contributed by atoms with Crippen LogP contribution in [0.5, 0.6) is 5.75 Å². The maximum Gasteiger partial charge on any atom is 0.265 e. The van der Waals surface area contributed by atoms with Gasteiger partial charge in [0, 0.05) is 5.69 Å². The van der Waals surface area contributed by atoms with Crippen LogP contribution in [0.4, 0.5) is 5.69 Å². The van der Waals surface area contributed by atoms with E-state index in [2.05, 4.69) is 6.07 Å². The molecular weight excluding hydrogens is 350 g/mol. The number of carbonyl (C=O) groups is 1. The number of benzene rings is 3. The number of nitrogens with zero attached hydrogens (tertiary/aromatic N) is 3. The van der Waals surface area contributed by atoms with Gasteiger partial charge in [-0.3, -0.25) is 9.69 Å². The molecule has 0 aliphatic heterocycles. The molecule has 136 valence electrons. The van der Waals surface area contributed by atoms with Crippen LogP contribution in [0, 0.1) is 22.7 Å². The first-order valence-electron chi connectivity index (χ1n) is 8.67. The summed E-state index contributed by atoms with van der Waals surface area (Å²) >= 11 is 0. The SMILES string of the molecule is N#CCN(C(=O)COc1ccc(-c2ccc(C#N)cc2)cc1)c1ccccc1. The molecule has 0 saturated carbocycles. The van der Waals surface area contributed by atoms with Gasteiger partial charge in [0.15, 0.2) is 6.61 Å². The lowest BCUT2D eigenvalue weighted by Crippen LogP contribution is -2.35. The second kappa shape index (κ2) is 9.02. The van der Waals surface area contributed by atoms with Gasteiger partial charge in [-0.05, 0) is 47.5 Å². The first-order valence-corrected chi connectivity index (χ1v) is 8.67. The largest absolute Gasteiger partial charge is 0.484 e. The van der Waals surface area contributed by atoms with E-state index in [1.54, 1.807) is 36.4 Å². The molecule has 5 heteroatoms. The van der Waals surface area contributed by atoms with E-state index in [1.807, 2.05) is 48.5 Å². The first kappa shape index (κ1) is 18.7. The van der Waals surface area contributed by atoms with Crippen molar-refractivity contribution in [2.24, 2.45) is 0 Å². The average molecular weight is 367 g/mol. The van der Waals surface area contributed by atoms with Gasteiger partial charge in [-0.15, -0.1) is 0 Å². The van der Waals surface area contributed by atoms with Crippen molar-refractivity contribution in [3.8, 4) is 29.0 Å². The number of hydrogen-bond donors (Lipinski definition) is 0. The zero-order chi connectivity index (χ0) is 19.8. The van der Waals surface area contributed by atoms with Crippen molar-refractivity contribution in [2.45, 2.75) is 0 Å². The topological polar surface area (TPSA) is 77.1 Å². The zero-order valence-corrected chi connectivity index (χ0v) is 15.1. The number of carbonyl (C=O) groups excluding carboxylic acids is 1. The molecule has 0 heterocycles. The minimum atomic E-state index is -0.288. The third kappa shape index (κ3) is 4.55. The molecule has 0 bridgehead atoms. The predicted octanol–water partition coefficient (Wildman–Crippen LogP) is 4.16. The van der Waals surface area contributed by atoms with Crippen LogP contribution < -0.4 is 9.64 Å². The molecule has 0 fully saturated rings. The smallest absolute Gasteiger partial charge is 0.265 e. The molecular formula is C23H17N3O2. The van der Waals surface area contributed by atoms with E-state index in [-0.39, 0.29) is 19.1 Å². The molecule has 0 atom stereocenters. The zero-order valence-electron chi connectivity index (χ0n) is 15.1. The van der Waals surface area contributed by atoms with E-state index in [4.69, 9.17) is 15.3 Å². The third-order valence-electron chi connectivity index (χ3n) is 4.16. The van der Waals surface area contributed by atoms with E-state index in [0.717, 1.165) is 11.1 Å². The average Bonchev–Trinajstić information content (AvgIpc) is 2.77. The molecule has 3 aromatic rings. The van der Waals surface area contributed by atoms with Crippen LogP contribution in [0.3, 0.4) is 0 Å². The fraction of sp³-hybridized carbons (Fsp3) is 0.0870. The Morgan fingerprint density at radius 2 is 1.46 bits per heavy atom. The molecule has 28 heavy (non-hydrogen) atoms. The molecule has 1 amide bonds. The number of para-hydroxylation sites is 1. The van der Waals surface area contributed by atoms with Gasteiger partial charge in [0.1, 0.15) is 12.3 Å². The summed E-state index contributed by atoms with van der Waals surface area (Å²) in [6.07, 6.45) is 0. The second-order valence-electron chi connectivity index (χ2n) is 5.98. The summed E-state index contributed by atoms with van der Waals surface area (Å²) in [6.45, 7) is -0.198. The molecule has 3 aromatic carbocycles. The van der Waals surface area contributed by atoms with Crippen LogP contribution in [-0.2, 0) is 4.79 Å². The number of nitriles is 2. The Bertz CT molecular complexity index is 1010. The van der Waals surface area contributed by atoms with Crippen LogP contribution in [0.2, 0.25) is 0 Å². The summed E-state index contributed by atoms with van der Waals surface area (Å²) in [6, 6.07) is 27.8. The van der Waals surface area contributed by atoms with Gasteiger partial charge in [0.25, 0.3) is 5.91 Å². The highest BCUT2D eigenvalue weighted by Crippen LogP contribution is 2.23. The van der Waals surface area contributed by atoms with Crippen LogP contribution in [0.25, 0.3) is 11.1 Å². The number of amides is 1. The van der Waals surface area contributed by atoms with Gasteiger partial charge >= 0.3 is 0 Å². The van der Waals surface area contributed by atoms with Gasteiger partial charge in [-0.25, -0.2) is 0 Å². The molecule has 0 aliphatic rings. The summed E-state index contributed by atoms with van der Waals surface area (Å²) < 4.78 is 5.60. The fourth-order valence-corrected chi connectivity index (χ4v) is 2.71. The minimum Gasteiger partial charge on any atom is -0.484 e. The van der Waals surface area contributed by atoms with Crippen molar-refractivity contribution in [1.29, 1.82) is 10.5 Å². The molecule has 5 nitrogen and oxygen atoms in total. The van der Waals surface area contributed by atoms with Crippen LogP contribution >= 0.6 is 0 Å². The number of ether oxygens (including phenoxy) is 1. The quantitative estimate of drug-likeness (QED) is 0.613. The summed E-state index contributed by atoms with van der Waals surface area (Å²) in [4.78, 5) is 13.9. The maximum atomic E-state index is 12.5. The molecule has 0 spiro atoms. The number of rotatable bonds is 6. The summed E-state index contributed by atoms with van der Waals surface area (Å²) in [5.74, 6) is 0.277. The van der Waals surface area contributed by atoms with Gasteiger partial charge in [-0.1, -0.05) is 42.5 Å². The minimum absolute atomic E-state index is 0.0379. The van der Waals surface area contributed by atoms with E-state index in [1.165, 1.54) is 4.90 Å². The third-order valence-corrected chi connectivity index (χ3v) is 4.16. The highest BCUT2D eigenvalue weighted by atomic mass is 16.5.